The average molecular weight is 342 g/mol. The van der Waals surface area contributed by atoms with Crippen LogP contribution in [0.15, 0.2) is 27.8 Å². The summed E-state index contributed by atoms with van der Waals surface area (Å²) in [4.78, 5) is 2.16. The van der Waals surface area contributed by atoms with E-state index < -0.39 is 0 Å². The van der Waals surface area contributed by atoms with Gasteiger partial charge in [0.25, 0.3) is 0 Å². The van der Waals surface area contributed by atoms with Crippen LogP contribution in [0.3, 0.4) is 0 Å². The highest BCUT2D eigenvalue weighted by atomic mass is 79.9. The van der Waals surface area contributed by atoms with Crippen molar-refractivity contribution in [3.05, 3.63) is 28.2 Å². The largest absolute Gasteiger partial charge is 0.409 e. The molecule has 0 bridgehead atoms. The van der Waals surface area contributed by atoms with Gasteiger partial charge in [0.1, 0.15) is 0 Å². The molecule has 0 spiro atoms. The van der Waals surface area contributed by atoms with Gasteiger partial charge in [-0.15, -0.1) is 0 Å². The third-order valence-corrected chi connectivity index (χ3v) is 4.30. The Hall–Kier alpha value is -1.27. The second-order valence-electron chi connectivity index (χ2n) is 5.06. The fourth-order valence-electron chi connectivity index (χ4n) is 2.55. The molecule has 0 saturated carbocycles. The Balaban J connectivity index is 2.20. The standard InChI is InChI=1S/C14H20BrN3O2/c1-18(9-10-5-7-20-8-6-10)12-4-2-3-11(15)13(12)14(16)17-19/h2-4,10,19H,5-9H2,1H3,(H2,16,17). The Bertz CT molecular complexity index is 487. The van der Waals surface area contributed by atoms with Gasteiger partial charge in [0.05, 0.1) is 5.56 Å². The number of anilines is 1. The van der Waals surface area contributed by atoms with Crippen molar-refractivity contribution < 1.29 is 9.94 Å². The molecule has 1 fully saturated rings. The molecule has 0 atom stereocenters. The number of rotatable bonds is 4. The second kappa shape index (κ2) is 6.95. The number of amidine groups is 1. The van der Waals surface area contributed by atoms with Gasteiger partial charge in [-0.2, -0.15) is 0 Å². The molecule has 1 saturated heterocycles. The number of benzene rings is 1. The first-order valence-corrected chi connectivity index (χ1v) is 7.48. The van der Waals surface area contributed by atoms with E-state index in [1.807, 2.05) is 25.2 Å². The minimum Gasteiger partial charge on any atom is -0.409 e. The third kappa shape index (κ3) is 3.43. The fraction of sp³-hybridized carbons (Fsp3) is 0.500. The molecule has 5 nitrogen and oxygen atoms in total. The van der Waals surface area contributed by atoms with Crippen molar-refractivity contribution in [3.63, 3.8) is 0 Å². The van der Waals surface area contributed by atoms with Gasteiger partial charge in [-0.05, 0) is 46.8 Å². The lowest BCUT2D eigenvalue weighted by Gasteiger charge is -2.29. The number of ether oxygens (including phenoxy) is 1. The Kier molecular flexibility index (Phi) is 5.25. The van der Waals surface area contributed by atoms with Gasteiger partial charge in [-0.3, -0.25) is 0 Å². The molecule has 110 valence electrons. The van der Waals surface area contributed by atoms with E-state index in [2.05, 4.69) is 26.0 Å². The normalized spacial score (nSPS) is 17.2. The maximum Gasteiger partial charge on any atom is 0.173 e. The minimum absolute atomic E-state index is 0.117. The molecular weight excluding hydrogens is 322 g/mol. The van der Waals surface area contributed by atoms with Crippen LogP contribution in [-0.2, 0) is 4.74 Å². The zero-order valence-corrected chi connectivity index (χ0v) is 13.1. The summed E-state index contributed by atoms with van der Waals surface area (Å²) < 4.78 is 6.21. The van der Waals surface area contributed by atoms with Crippen LogP contribution in [0.2, 0.25) is 0 Å². The summed E-state index contributed by atoms with van der Waals surface area (Å²) in [6.07, 6.45) is 2.16. The Morgan fingerprint density at radius 3 is 2.85 bits per heavy atom. The smallest absolute Gasteiger partial charge is 0.173 e. The van der Waals surface area contributed by atoms with E-state index in [0.29, 0.717) is 5.92 Å². The summed E-state index contributed by atoms with van der Waals surface area (Å²) >= 11 is 3.46. The molecule has 2 rings (SSSR count). The first-order valence-electron chi connectivity index (χ1n) is 6.68. The zero-order chi connectivity index (χ0) is 14.5. The molecule has 0 radical (unpaired) electrons. The minimum atomic E-state index is 0.117. The molecule has 1 heterocycles. The molecule has 0 aliphatic carbocycles. The van der Waals surface area contributed by atoms with Crippen LogP contribution in [0.5, 0.6) is 0 Å². The Morgan fingerprint density at radius 2 is 2.20 bits per heavy atom. The third-order valence-electron chi connectivity index (χ3n) is 3.64. The number of nitrogens with zero attached hydrogens (tertiary/aromatic N) is 2. The lowest BCUT2D eigenvalue weighted by atomic mass is 9.99. The van der Waals surface area contributed by atoms with Gasteiger partial charge in [0.15, 0.2) is 5.84 Å². The first-order chi connectivity index (χ1) is 9.63. The molecule has 0 aromatic heterocycles. The van der Waals surface area contributed by atoms with Crippen LogP contribution in [0.25, 0.3) is 0 Å². The van der Waals surface area contributed by atoms with E-state index in [1.54, 1.807) is 0 Å². The predicted octanol–water partition coefficient (Wildman–Crippen LogP) is 2.41. The maximum absolute atomic E-state index is 8.95. The van der Waals surface area contributed by atoms with Crippen molar-refractivity contribution in [1.82, 2.24) is 0 Å². The van der Waals surface area contributed by atoms with Crippen molar-refractivity contribution in [2.24, 2.45) is 16.8 Å². The number of halogens is 1. The van der Waals surface area contributed by atoms with Crippen LogP contribution in [0.1, 0.15) is 18.4 Å². The summed E-state index contributed by atoms with van der Waals surface area (Å²) in [7, 11) is 2.03. The van der Waals surface area contributed by atoms with Crippen LogP contribution >= 0.6 is 15.9 Å². The van der Waals surface area contributed by atoms with Crippen molar-refractivity contribution in [2.75, 3.05) is 31.7 Å². The molecule has 1 aromatic rings. The topological polar surface area (TPSA) is 71.1 Å². The summed E-state index contributed by atoms with van der Waals surface area (Å²) in [6, 6.07) is 5.82. The maximum atomic E-state index is 8.95. The molecule has 6 heteroatoms. The summed E-state index contributed by atoms with van der Waals surface area (Å²) in [5, 5.41) is 12.1. The molecule has 3 N–H and O–H groups in total. The van der Waals surface area contributed by atoms with Crippen molar-refractivity contribution in [3.8, 4) is 0 Å². The van der Waals surface area contributed by atoms with Crippen LogP contribution < -0.4 is 10.6 Å². The summed E-state index contributed by atoms with van der Waals surface area (Å²) in [6.45, 7) is 2.61. The average Bonchev–Trinajstić information content (AvgIpc) is 2.47. The van der Waals surface area contributed by atoms with Gasteiger partial charge in [-0.25, -0.2) is 0 Å². The van der Waals surface area contributed by atoms with Crippen molar-refractivity contribution >= 4 is 27.5 Å². The van der Waals surface area contributed by atoms with Crippen LogP contribution in [0.4, 0.5) is 5.69 Å². The molecule has 1 aliphatic rings. The number of hydrogen-bond donors (Lipinski definition) is 2. The van der Waals surface area contributed by atoms with Gasteiger partial charge in [-0.1, -0.05) is 11.2 Å². The zero-order valence-electron chi connectivity index (χ0n) is 11.6. The fourth-order valence-corrected chi connectivity index (χ4v) is 3.11. The second-order valence-corrected chi connectivity index (χ2v) is 5.91. The quantitative estimate of drug-likeness (QED) is 0.382. The molecule has 20 heavy (non-hydrogen) atoms. The molecule has 1 aliphatic heterocycles. The molecule has 0 amide bonds. The summed E-state index contributed by atoms with van der Waals surface area (Å²) in [5.41, 5.74) is 7.48. The molecule has 1 aromatic carbocycles. The molecule has 0 unspecified atom stereocenters. The van der Waals surface area contributed by atoms with Gasteiger partial charge in [0.2, 0.25) is 0 Å². The lowest BCUT2D eigenvalue weighted by Crippen LogP contribution is -2.31. The van der Waals surface area contributed by atoms with E-state index >= 15 is 0 Å². The van der Waals surface area contributed by atoms with E-state index in [-0.39, 0.29) is 5.84 Å². The summed E-state index contributed by atoms with van der Waals surface area (Å²) in [5.74, 6) is 0.735. The highest BCUT2D eigenvalue weighted by molar-refractivity contribution is 9.10. The first kappa shape index (κ1) is 15.1. The monoisotopic (exact) mass is 341 g/mol. The van der Waals surface area contributed by atoms with Crippen molar-refractivity contribution in [1.29, 1.82) is 0 Å². The van der Waals surface area contributed by atoms with Gasteiger partial charge in [0, 0.05) is 37.0 Å². The number of oxime groups is 1. The highest BCUT2D eigenvalue weighted by Crippen LogP contribution is 2.28. The van der Waals surface area contributed by atoms with E-state index in [9.17, 15) is 0 Å². The lowest BCUT2D eigenvalue weighted by molar-refractivity contribution is 0.0685. The number of nitrogens with two attached hydrogens (primary N) is 1. The Morgan fingerprint density at radius 1 is 1.50 bits per heavy atom. The van der Waals surface area contributed by atoms with Crippen molar-refractivity contribution in [2.45, 2.75) is 12.8 Å². The van der Waals surface area contributed by atoms with E-state index in [0.717, 1.165) is 48.3 Å². The van der Waals surface area contributed by atoms with Gasteiger partial charge < -0.3 is 20.6 Å². The van der Waals surface area contributed by atoms with E-state index in [1.165, 1.54) is 0 Å². The molecular formula is C14H20BrN3O2. The van der Waals surface area contributed by atoms with Gasteiger partial charge >= 0.3 is 0 Å². The van der Waals surface area contributed by atoms with Crippen LogP contribution in [0, 0.1) is 5.92 Å². The Labute approximate surface area is 127 Å². The predicted molar refractivity (Wildman–Crippen MR) is 83.5 cm³/mol. The van der Waals surface area contributed by atoms with E-state index in [4.69, 9.17) is 15.7 Å². The number of hydrogen-bond acceptors (Lipinski definition) is 4. The highest BCUT2D eigenvalue weighted by Gasteiger charge is 2.19. The SMILES string of the molecule is CN(CC1CCOCC1)c1cccc(Br)c1/C(N)=N/O. The van der Waals surface area contributed by atoms with Crippen LogP contribution in [-0.4, -0.2) is 37.8 Å².